The van der Waals surface area contributed by atoms with Gasteiger partial charge in [0.1, 0.15) is 5.82 Å². The summed E-state index contributed by atoms with van der Waals surface area (Å²) in [6, 6.07) is 13.1. The van der Waals surface area contributed by atoms with E-state index in [2.05, 4.69) is 5.32 Å². The number of aryl methyl sites for hydroxylation is 1. The Kier molecular flexibility index (Phi) is 5.12. The van der Waals surface area contributed by atoms with Crippen molar-refractivity contribution in [1.82, 2.24) is 4.90 Å². The second-order valence-corrected chi connectivity index (χ2v) is 6.40. The Morgan fingerprint density at radius 2 is 1.84 bits per heavy atom. The van der Waals surface area contributed by atoms with Crippen LogP contribution in [-0.4, -0.2) is 29.8 Å². The van der Waals surface area contributed by atoms with Crippen LogP contribution in [0.15, 0.2) is 48.5 Å². The maximum atomic E-state index is 13.0. The molecule has 4 nitrogen and oxygen atoms in total. The third-order valence-corrected chi connectivity index (χ3v) is 4.57. The first-order valence-electron chi connectivity index (χ1n) is 8.46. The minimum atomic E-state index is -0.370. The monoisotopic (exact) mass is 340 g/mol. The molecule has 0 aliphatic carbocycles. The number of nitrogens with one attached hydrogen (secondary N) is 1. The molecule has 2 aromatic carbocycles. The van der Waals surface area contributed by atoms with Gasteiger partial charge >= 0.3 is 0 Å². The van der Waals surface area contributed by atoms with E-state index in [-0.39, 0.29) is 23.5 Å². The lowest BCUT2D eigenvalue weighted by molar-refractivity contribution is -0.121. The highest BCUT2D eigenvalue weighted by molar-refractivity contribution is 5.96. The number of carbonyl (C=O) groups is 2. The maximum Gasteiger partial charge on any atom is 0.253 e. The number of anilines is 1. The van der Waals surface area contributed by atoms with Crippen LogP contribution in [0.4, 0.5) is 10.1 Å². The molecule has 1 aliphatic heterocycles. The number of halogens is 1. The fourth-order valence-corrected chi connectivity index (χ4v) is 3.10. The molecule has 25 heavy (non-hydrogen) atoms. The topological polar surface area (TPSA) is 49.4 Å². The van der Waals surface area contributed by atoms with Crippen molar-refractivity contribution in [3.8, 4) is 0 Å². The molecule has 1 atom stereocenters. The van der Waals surface area contributed by atoms with Crippen LogP contribution in [0, 0.1) is 18.7 Å². The summed E-state index contributed by atoms with van der Waals surface area (Å²) in [5.41, 5.74) is 2.25. The summed E-state index contributed by atoms with van der Waals surface area (Å²) in [4.78, 5) is 26.8. The van der Waals surface area contributed by atoms with E-state index < -0.39 is 0 Å². The summed E-state index contributed by atoms with van der Waals surface area (Å²) in [7, 11) is 0. The van der Waals surface area contributed by atoms with Gasteiger partial charge in [0.25, 0.3) is 5.91 Å². The van der Waals surface area contributed by atoms with E-state index in [9.17, 15) is 14.0 Å². The van der Waals surface area contributed by atoms with Crippen molar-refractivity contribution in [3.05, 3.63) is 65.5 Å². The SMILES string of the molecule is Cc1ccccc1NC(=O)[C@@H]1CCCN(C(=O)c2ccc(F)cc2)C1. The van der Waals surface area contributed by atoms with Gasteiger partial charge in [0, 0.05) is 24.3 Å². The number of likely N-dealkylation sites (tertiary alicyclic amines) is 1. The zero-order valence-electron chi connectivity index (χ0n) is 14.2. The lowest BCUT2D eigenvalue weighted by Gasteiger charge is -2.32. The Labute approximate surface area is 146 Å². The fraction of sp³-hybridized carbons (Fsp3) is 0.300. The molecule has 1 saturated heterocycles. The summed E-state index contributed by atoms with van der Waals surface area (Å²) in [6.07, 6.45) is 1.53. The first-order chi connectivity index (χ1) is 12.0. The summed E-state index contributed by atoms with van der Waals surface area (Å²) in [6.45, 7) is 2.94. The molecule has 1 heterocycles. The van der Waals surface area contributed by atoms with Crippen LogP contribution in [0.5, 0.6) is 0 Å². The van der Waals surface area contributed by atoms with E-state index in [1.807, 2.05) is 31.2 Å². The van der Waals surface area contributed by atoms with E-state index in [1.54, 1.807) is 4.90 Å². The van der Waals surface area contributed by atoms with Gasteiger partial charge in [0.05, 0.1) is 5.92 Å². The molecule has 1 N–H and O–H groups in total. The van der Waals surface area contributed by atoms with Crippen LogP contribution < -0.4 is 5.32 Å². The summed E-state index contributed by atoms with van der Waals surface area (Å²) >= 11 is 0. The molecule has 0 bridgehead atoms. The van der Waals surface area contributed by atoms with E-state index in [4.69, 9.17) is 0 Å². The van der Waals surface area contributed by atoms with Crippen molar-refractivity contribution in [1.29, 1.82) is 0 Å². The van der Waals surface area contributed by atoms with Crippen molar-refractivity contribution < 1.29 is 14.0 Å². The molecule has 0 unspecified atom stereocenters. The van der Waals surface area contributed by atoms with Crippen LogP contribution in [0.3, 0.4) is 0 Å². The molecule has 2 aromatic rings. The predicted molar refractivity (Wildman–Crippen MR) is 94.8 cm³/mol. The van der Waals surface area contributed by atoms with Crippen molar-refractivity contribution >= 4 is 17.5 Å². The van der Waals surface area contributed by atoms with Gasteiger partial charge in [-0.15, -0.1) is 0 Å². The van der Waals surface area contributed by atoms with Crippen molar-refractivity contribution in [2.24, 2.45) is 5.92 Å². The van der Waals surface area contributed by atoms with Crippen molar-refractivity contribution in [3.63, 3.8) is 0 Å². The van der Waals surface area contributed by atoms with Gasteiger partial charge in [-0.2, -0.15) is 0 Å². The smallest absolute Gasteiger partial charge is 0.253 e. The van der Waals surface area contributed by atoms with Crippen molar-refractivity contribution in [2.75, 3.05) is 18.4 Å². The summed E-state index contributed by atoms with van der Waals surface area (Å²) in [5.74, 6) is -0.831. The highest BCUT2D eigenvalue weighted by Crippen LogP contribution is 2.22. The molecule has 1 aliphatic rings. The zero-order chi connectivity index (χ0) is 17.8. The third-order valence-electron chi connectivity index (χ3n) is 4.57. The quantitative estimate of drug-likeness (QED) is 0.928. The molecular formula is C20H21FN2O2. The molecule has 0 aromatic heterocycles. The summed E-state index contributed by atoms with van der Waals surface area (Å²) in [5, 5.41) is 2.96. The van der Waals surface area contributed by atoms with Crippen LogP contribution in [0.2, 0.25) is 0 Å². The van der Waals surface area contributed by atoms with Crippen LogP contribution >= 0.6 is 0 Å². The van der Waals surface area contributed by atoms with Crippen LogP contribution in [0.25, 0.3) is 0 Å². The molecule has 1 fully saturated rings. The van der Waals surface area contributed by atoms with Gasteiger partial charge in [-0.05, 0) is 55.7 Å². The minimum Gasteiger partial charge on any atom is -0.338 e. The van der Waals surface area contributed by atoms with E-state index >= 15 is 0 Å². The Hall–Kier alpha value is -2.69. The van der Waals surface area contributed by atoms with Gasteiger partial charge < -0.3 is 10.2 Å². The van der Waals surface area contributed by atoms with Crippen molar-refractivity contribution in [2.45, 2.75) is 19.8 Å². The Balaban J connectivity index is 1.66. The number of carbonyl (C=O) groups excluding carboxylic acids is 2. The lowest BCUT2D eigenvalue weighted by atomic mass is 9.96. The third kappa shape index (κ3) is 4.05. The second-order valence-electron chi connectivity index (χ2n) is 6.40. The number of hydrogen-bond acceptors (Lipinski definition) is 2. The molecule has 0 radical (unpaired) electrons. The second kappa shape index (κ2) is 7.47. The standard InChI is InChI=1S/C20H21FN2O2/c1-14-5-2-3-7-18(14)22-19(24)16-6-4-12-23(13-16)20(25)15-8-10-17(21)11-9-15/h2-3,5,7-11,16H,4,6,12-13H2,1H3,(H,22,24)/t16-/m1/s1. The highest BCUT2D eigenvalue weighted by Gasteiger charge is 2.29. The van der Waals surface area contributed by atoms with Gasteiger partial charge in [-0.3, -0.25) is 9.59 Å². The molecule has 0 saturated carbocycles. The van der Waals surface area contributed by atoms with Gasteiger partial charge in [0.2, 0.25) is 5.91 Å². The molecular weight excluding hydrogens is 319 g/mol. The zero-order valence-corrected chi connectivity index (χ0v) is 14.2. The average Bonchev–Trinajstić information content (AvgIpc) is 2.64. The Morgan fingerprint density at radius 1 is 1.12 bits per heavy atom. The van der Waals surface area contributed by atoms with E-state index in [0.29, 0.717) is 18.7 Å². The van der Waals surface area contributed by atoms with Crippen LogP contribution in [-0.2, 0) is 4.79 Å². The molecule has 2 amide bonds. The maximum absolute atomic E-state index is 13.0. The number of piperidine rings is 1. The first kappa shape index (κ1) is 17.1. The minimum absolute atomic E-state index is 0.0640. The molecule has 0 spiro atoms. The van der Waals surface area contributed by atoms with Gasteiger partial charge in [0.15, 0.2) is 0 Å². The van der Waals surface area contributed by atoms with Gasteiger partial charge in [-0.25, -0.2) is 4.39 Å². The van der Waals surface area contributed by atoms with E-state index in [1.165, 1.54) is 24.3 Å². The number of nitrogens with zero attached hydrogens (tertiary/aromatic N) is 1. The number of amides is 2. The van der Waals surface area contributed by atoms with E-state index in [0.717, 1.165) is 24.1 Å². The Bertz CT molecular complexity index is 774. The predicted octanol–water partition coefficient (Wildman–Crippen LogP) is 3.63. The normalized spacial score (nSPS) is 17.2. The largest absolute Gasteiger partial charge is 0.338 e. The first-order valence-corrected chi connectivity index (χ1v) is 8.46. The lowest BCUT2D eigenvalue weighted by Crippen LogP contribution is -2.43. The van der Waals surface area contributed by atoms with Gasteiger partial charge in [-0.1, -0.05) is 18.2 Å². The number of para-hydroxylation sites is 1. The number of hydrogen-bond donors (Lipinski definition) is 1. The summed E-state index contributed by atoms with van der Waals surface area (Å²) < 4.78 is 13.0. The molecule has 3 rings (SSSR count). The average molecular weight is 340 g/mol. The van der Waals surface area contributed by atoms with Crippen LogP contribution in [0.1, 0.15) is 28.8 Å². The fourth-order valence-electron chi connectivity index (χ4n) is 3.10. The molecule has 130 valence electrons. The number of benzene rings is 2. The highest BCUT2D eigenvalue weighted by atomic mass is 19.1. The molecule has 5 heteroatoms. The number of rotatable bonds is 3. The Morgan fingerprint density at radius 3 is 2.56 bits per heavy atom.